The Balaban J connectivity index is 1.59. The van der Waals surface area contributed by atoms with Crippen LogP contribution in [0.3, 0.4) is 0 Å². The van der Waals surface area contributed by atoms with Crippen LogP contribution in [0, 0.1) is 5.41 Å². The zero-order chi connectivity index (χ0) is 17.2. The molecule has 0 spiro atoms. The Kier molecular flexibility index (Phi) is 5.20. The number of aromatic nitrogens is 2. The zero-order valence-electron chi connectivity index (χ0n) is 15.0. The first-order chi connectivity index (χ1) is 11.5. The van der Waals surface area contributed by atoms with Crippen molar-refractivity contribution in [2.45, 2.75) is 52.6 Å². The fourth-order valence-corrected chi connectivity index (χ4v) is 3.90. The van der Waals surface area contributed by atoms with Crippen LogP contribution in [0.2, 0.25) is 0 Å². The summed E-state index contributed by atoms with van der Waals surface area (Å²) >= 11 is 0. The number of likely N-dealkylation sites (tertiary alicyclic amines) is 1. The van der Waals surface area contributed by atoms with Gasteiger partial charge in [-0.25, -0.2) is 0 Å². The molecule has 2 aliphatic heterocycles. The molecular formula is C17H29N5O2. The Labute approximate surface area is 143 Å². The summed E-state index contributed by atoms with van der Waals surface area (Å²) in [7, 11) is 0. The lowest BCUT2D eigenvalue weighted by molar-refractivity contribution is -0.131. The number of carbonyl (C=O) groups excluding carboxylic acids is 1. The van der Waals surface area contributed by atoms with Gasteiger partial charge in [0.25, 0.3) is 0 Å². The number of nitrogens with one attached hydrogen (secondary N) is 1. The number of aryl methyl sites for hydroxylation is 1. The highest BCUT2D eigenvalue weighted by atomic mass is 16.5. The quantitative estimate of drug-likeness (QED) is 0.838. The van der Waals surface area contributed by atoms with E-state index in [9.17, 15) is 4.79 Å². The van der Waals surface area contributed by atoms with Crippen molar-refractivity contribution < 1.29 is 9.32 Å². The third-order valence-electron chi connectivity index (χ3n) is 5.28. The SMILES string of the molecule is CCc1nc(CN(C(C)=O)C2CCN(CC3(C)CCNC3)C2)no1. The number of nitrogens with zero attached hydrogens (tertiary/aromatic N) is 4. The fraction of sp³-hybridized carbons (Fsp3) is 0.824. The average Bonchev–Trinajstić information content (AvgIpc) is 3.26. The number of amides is 1. The summed E-state index contributed by atoms with van der Waals surface area (Å²) in [4.78, 5) is 20.9. The van der Waals surface area contributed by atoms with E-state index in [1.807, 2.05) is 11.8 Å². The summed E-state index contributed by atoms with van der Waals surface area (Å²) in [6.07, 6.45) is 2.96. The van der Waals surface area contributed by atoms with E-state index in [0.29, 0.717) is 23.7 Å². The summed E-state index contributed by atoms with van der Waals surface area (Å²) in [6.45, 7) is 11.7. The molecule has 0 aromatic carbocycles. The first kappa shape index (κ1) is 17.4. The summed E-state index contributed by atoms with van der Waals surface area (Å²) < 4.78 is 5.16. The Morgan fingerprint density at radius 3 is 3.00 bits per heavy atom. The summed E-state index contributed by atoms with van der Waals surface area (Å²) in [5.74, 6) is 1.31. The van der Waals surface area contributed by atoms with Gasteiger partial charge in [0, 0.05) is 45.6 Å². The lowest BCUT2D eigenvalue weighted by atomic mass is 9.89. The van der Waals surface area contributed by atoms with Gasteiger partial charge < -0.3 is 19.6 Å². The van der Waals surface area contributed by atoms with Crippen molar-refractivity contribution in [3.63, 3.8) is 0 Å². The highest BCUT2D eigenvalue weighted by molar-refractivity contribution is 5.73. The van der Waals surface area contributed by atoms with Gasteiger partial charge in [0.2, 0.25) is 11.8 Å². The lowest BCUT2D eigenvalue weighted by Crippen LogP contribution is -2.42. The minimum atomic E-state index is 0.0819. The van der Waals surface area contributed by atoms with Crippen LogP contribution in [0.15, 0.2) is 4.52 Å². The second-order valence-electron chi connectivity index (χ2n) is 7.52. The van der Waals surface area contributed by atoms with Gasteiger partial charge in [0.15, 0.2) is 5.82 Å². The van der Waals surface area contributed by atoms with Gasteiger partial charge in [0.05, 0.1) is 6.54 Å². The molecule has 134 valence electrons. The van der Waals surface area contributed by atoms with Crippen LogP contribution in [-0.2, 0) is 17.8 Å². The van der Waals surface area contributed by atoms with Crippen LogP contribution < -0.4 is 5.32 Å². The highest BCUT2D eigenvalue weighted by Gasteiger charge is 2.36. The molecule has 0 aliphatic carbocycles. The second-order valence-corrected chi connectivity index (χ2v) is 7.52. The van der Waals surface area contributed by atoms with E-state index in [2.05, 4.69) is 27.3 Å². The fourth-order valence-electron chi connectivity index (χ4n) is 3.90. The molecule has 0 saturated carbocycles. The average molecular weight is 335 g/mol. The third-order valence-corrected chi connectivity index (χ3v) is 5.28. The molecule has 0 bridgehead atoms. The molecule has 3 rings (SSSR count). The number of carbonyl (C=O) groups is 1. The molecule has 7 nitrogen and oxygen atoms in total. The van der Waals surface area contributed by atoms with Gasteiger partial charge in [-0.2, -0.15) is 4.98 Å². The van der Waals surface area contributed by atoms with E-state index in [4.69, 9.17) is 4.52 Å². The second kappa shape index (κ2) is 7.19. The van der Waals surface area contributed by atoms with E-state index in [-0.39, 0.29) is 11.9 Å². The van der Waals surface area contributed by atoms with Gasteiger partial charge in [-0.3, -0.25) is 4.79 Å². The van der Waals surface area contributed by atoms with Crippen LogP contribution in [0.4, 0.5) is 0 Å². The Morgan fingerprint density at radius 1 is 1.54 bits per heavy atom. The van der Waals surface area contributed by atoms with Crippen LogP contribution in [-0.4, -0.2) is 64.6 Å². The Bertz CT molecular complexity index is 567. The van der Waals surface area contributed by atoms with Crippen molar-refractivity contribution in [1.82, 2.24) is 25.3 Å². The molecule has 1 amide bonds. The normalized spacial score (nSPS) is 27.7. The summed E-state index contributed by atoms with van der Waals surface area (Å²) in [5, 5.41) is 7.45. The Morgan fingerprint density at radius 2 is 2.38 bits per heavy atom. The number of hydrogen-bond acceptors (Lipinski definition) is 6. The molecule has 0 radical (unpaired) electrons. The Hall–Kier alpha value is -1.47. The molecule has 1 aromatic rings. The maximum atomic E-state index is 12.1. The van der Waals surface area contributed by atoms with E-state index in [0.717, 1.165) is 45.6 Å². The first-order valence-electron chi connectivity index (χ1n) is 9.01. The largest absolute Gasteiger partial charge is 0.339 e. The minimum Gasteiger partial charge on any atom is -0.339 e. The molecule has 2 fully saturated rings. The molecule has 2 aliphatic rings. The molecule has 24 heavy (non-hydrogen) atoms. The van der Waals surface area contributed by atoms with Crippen LogP contribution in [0.25, 0.3) is 0 Å². The smallest absolute Gasteiger partial charge is 0.226 e. The maximum Gasteiger partial charge on any atom is 0.226 e. The predicted octanol–water partition coefficient (Wildman–Crippen LogP) is 1.05. The van der Waals surface area contributed by atoms with Gasteiger partial charge >= 0.3 is 0 Å². The predicted molar refractivity (Wildman–Crippen MR) is 90.3 cm³/mol. The van der Waals surface area contributed by atoms with Crippen LogP contribution in [0.1, 0.15) is 45.3 Å². The monoisotopic (exact) mass is 335 g/mol. The molecule has 2 saturated heterocycles. The number of rotatable bonds is 6. The molecule has 7 heteroatoms. The van der Waals surface area contributed by atoms with Crippen molar-refractivity contribution in [1.29, 1.82) is 0 Å². The van der Waals surface area contributed by atoms with E-state index in [1.54, 1.807) is 6.92 Å². The minimum absolute atomic E-state index is 0.0819. The molecule has 1 aromatic heterocycles. The van der Waals surface area contributed by atoms with Crippen molar-refractivity contribution in [2.24, 2.45) is 5.41 Å². The molecule has 1 N–H and O–H groups in total. The molecular weight excluding hydrogens is 306 g/mol. The third kappa shape index (κ3) is 3.95. The summed E-state index contributed by atoms with van der Waals surface area (Å²) in [6, 6.07) is 0.240. The van der Waals surface area contributed by atoms with E-state index < -0.39 is 0 Å². The topological polar surface area (TPSA) is 74.5 Å². The standard InChI is InChI=1S/C17H29N5O2/c1-4-16-19-15(20-24-16)10-22(13(2)23)14-5-8-21(9-14)12-17(3)6-7-18-11-17/h14,18H,4-12H2,1-3H3. The van der Waals surface area contributed by atoms with Gasteiger partial charge in [-0.05, 0) is 24.8 Å². The molecule has 2 atom stereocenters. The van der Waals surface area contributed by atoms with Gasteiger partial charge in [-0.15, -0.1) is 0 Å². The number of hydrogen-bond donors (Lipinski definition) is 1. The van der Waals surface area contributed by atoms with Crippen molar-refractivity contribution in [2.75, 3.05) is 32.7 Å². The molecule has 3 heterocycles. The van der Waals surface area contributed by atoms with Gasteiger partial charge in [0.1, 0.15) is 0 Å². The van der Waals surface area contributed by atoms with Gasteiger partial charge in [-0.1, -0.05) is 19.0 Å². The molecule has 2 unspecified atom stereocenters. The maximum absolute atomic E-state index is 12.1. The van der Waals surface area contributed by atoms with Crippen molar-refractivity contribution in [3.05, 3.63) is 11.7 Å². The van der Waals surface area contributed by atoms with Crippen LogP contribution >= 0.6 is 0 Å². The lowest BCUT2D eigenvalue weighted by Gasteiger charge is -2.30. The van der Waals surface area contributed by atoms with Crippen LogP contribution in [0.5, 0.6) is 0 Å². The van der Waals surface area contributed by atoms with E-state index >= 15 is 0 Å². The first-order valence-corrected chi connectivity index (χ1v) is 9.01. The zero-order valence-corrected chi connectivity index (χ0v) is 15.0. The highest BCUT2D eigenvalue weighted by Crippen LogP contribution is 2.28. The summed E-state index contributed by atoms with van der Waals surface area (Å²) in [5.41, 5.74) is 0.361. The van der Waals surface area contributed by atoms with Crippen molar-refractivity contribution in [3.8, 4) is 0 Å². The van der Waals surface area contributed by atoms with Crippen molar-refractivity contribution >= 4 is 5.91 Å². The van der Waals surface area contributed by atoms with E-state index in [1.165, 1.54) is 6.42 Å².